The molecule has 1 aliphatic rings. The summed E-state index contributed by atoms with van der Waals surface area (Å²) < 4.78 is 7.12. The van der Waals surface area contributed by atoms with Gasteiger partial charge in [0.25, 0.3) is 11.8 Å². The van der Waals surface area contributed by atoms with Crippen molar-refractivity contribution in [3.8, 4) is 5.75 Å². The van der Waals surface area contributed by atoms with Gasteiger partial charge in [0.15, 0.2) is 5.82 Å². The maximum Gasteiger partial charge on any atom is 0.290 e. The van der Waals surface area contributed by atoms with E-state index in [4.69, 9.17) is 4.74 Å². The molecule has 3 aromatic rings. The number of nitrogens with zero attached hydrogens (tertiary/aromatic N) is 3. The smallest absolute Gasteiger partial charge is 0.290 e. The van der Waals surface area contributed by atoms with Gasteiger partial charge in [-0.1, -0.05) is 12.1 Å². The quantitative estimate of drug-likeness (QED) is 0.705. The van der Waals surface area contributed by atoms with E-state index in [0.717, 1.165) is 16.8 Å². The number of carbonyl (C=O) groups excluding carboxylic acids is 2. The minimum atomic E-state index is -0.179. The van der Waals surface area contributed by atoms with Gasteiger partial charge in [-0.25, -0.2) is 4.98 Å². The highest BCUT2D eigenvalue weighted by Gasteiger charge is 2.29. The topological polar surface area (TPSA) is 76.5 Å². The van der Waals surface area contributed by atoms with Crippen molar-refractivity contribution < 1.29 is 14.3 Å². The van der Waals surface area contributed by atoms with Crippen LogP contribution in [-0.4, -0.2) is 46.0 Å². The molecule has 0 radical (unpaired) electrons. The van der Waals surface area contributed by atoms with Crippen LogP contribution < -0.4 is 10.1 Å². The van der Waals surface area contributed by atoms with Crippen molar-refractivity contribution in [1.29, 1.82) is 0 Å². The molecule has 1 aliphatic heterocycles. The van der Waals surface area contributed by atoms with E-state index in [2.05, 4.69) is 10.3 Å². The highest BCUT2D eigenvalue weighted by atomic mass is 16.5. The van der Waals surface area contributed by atoms with E-state index in [0.29, 0.717) is 30.0 Å². The fourth-order valence-electron chi connectivity index (χ4n) is 3.85. The molecule has 7 heteroatoms. The molecule has 1 N–H and O–H groups in total. The predicted octanol–water partition coefficient (Wildman–Crippen LogP) is 3.40. The van der Waals surface area contributed by atoms with E-state index in [1.54, 1.807) is 19.2 Å². The molecular formula is C23H26N4O3. The Kier molecular flexibility index (Phi) is 5.20. The van der Waals surface area contributed by atoms with Gasteiger partial charge in [-0.05, 0) is 56.7 Å². The zero-order valence-electron chi connectivity index (χ0n) is 17.7. The van der Waals surface area contributed by atoms with Crippen molar-refractivity contribution in [2.45, 2.75) is 39.4 Å². The minimum absolute atomic E-state index is 0.0634. The van der Waals surface area contributed by atoms with E-state index >= 15 is 0 Å². The van der Waals surface area contributed by atoms with Crippen molar-refractivity contribution in [3.63, 3.8) is 0 Å². The lowest BCUT2D eigenvalue weighted by Crippen LogP contribution is -2.44. The predicted molar refractivity (Wildman–Crippen MR) is 115 cm³/mol. The van der Waals surface area contributed by atoms with Gasteiger partial charge in [-0.3, -0.25) is 9.59 Å². The third-order valence-corrected chi connectivity index (χ3v) is 5.61. The minimum Gasteiger partial charge on any atom is -0.497 e. The standard InChI is InChI=1S/C23H26N4O3/c1-14(2)26-11-12-27-20-10-7-17(13-19(20)25-21(27)23(26)29)22(28)24-15(3)16-5-8-18(30-4)9-6-16/h5-10,13-15H,11-12H2,1-4H3,(H,24,28). The molecule has 7 nitrogen and oxygen atoms in total. The summed E-state index contributed by atoms with van der Waals surface area (Å²) in [6, 6.07) is 13.0. The molecule has 1 unspecified atom stereocenters. The zero-order valence-corrected chi connectivity index (χ0v) is 17.7. The van der Waals surface area contributed by atoms with Gasteiger partial charge in [0, 0.05) is 24.7 Å². The van der Waals surface area contributed by atoms with Crippen molar-refractivity contribution in [2.75, 3.05) is 13.7 Å². The number of amides is 2. The van der Waals surface area contributed by atoms with Crippen molar-refractivity contribution >= 4 is 22.8 Å². The van der Waals surface area contributed by atoms with Gasteiger partial charge in [-0.15, -0.1) is 0 Å². The van der Waals surface area contributed by atoms with Crippen molar-refractivity contribution in [3.05, 3.63) is 59.4 Å². The van der Waals surface area contributed by atoms with Crippen LogP contribution in [0.5, 0.6) is 5.75 Å². The molecule has 0 bridgehead atoms. The Morgan fingerprint density at radius 2 is 1.83 bits per heavy atom. The van der Waals surface area contributed by atoms with E-state index < -0.39 is 0 Å². The van der Waals surface area contributed by atoms with Gasteiger partial charge in [0.05, 0.1) is 24.2 Å². The Morgan fingerprint density at radius 1 is 1.10 bits per heavy atom. The molecule has 0 saturated heterocycles. The zero-order chi connectivity index (χ0) is 21.4. The van der Waals surface area contributed by atoms with Crippen molar-refractivity contribution in [1.82, 2.24) is 19.8 Å². The number of aromatic nitrogens is 2. The van der Waals surface area contributed by atoms with E-state index in [9.17, 15) is 9.59 Å². The van der Waals surface area contributed by atoms with Gasteiger partial charge in [0.1, 0.15) is 5.75 Å². The highest BCUT2D eigenvalue weighted by Crippen LogP contribution is 2.24. The number of imidazole rings is 1. The number of benzene rings is 2. The van der Waals surface area contributed by atoms with E-state index in [1.807, 2.05) is 60.6 Å². The lowest BCUT2D eigenvalue weighted by atomic mass is 10.1. The summed E-state index contributed by atoms with van der Waals surface area (Å²) in [5.74, 6) is 0.971. The molecule has 0 fully saturated rings. The van der Waals surface area contributed by atoms with Crippen LogP contribution in [-0.2, 0) is 6.54 Å². The molecule has 156 valence electrons. The lowest BCUT2D eigenvalue weighted by Gasteiger charge is -2.30. The van der Waals surface area contributed by atoms with Crippen LogP contribution >= 0.6 is 0 Å². The molecule has 2 aromatic carbocycles. The number of fused-ring (bicyclic) bond motifs is 3. The summed E-state index contributed by atoms with van der Waals surface area (Å²) in [5.41, 5.74) is 3.05. The first-order valence-electron chi connectivity index (χ1n) is 10.1. The first-order valence-corrected chi connectivity index (χ1v) is 10.1. The van der Waals surface area contributed by atoms with Gasteiger partial charge < -0.3 is 19.5 Å². The number of rotatable bonds is 5. The second-order valence-electron chi connectivity index (χ2n) is 7.85. The fourth-order valence-corrected chi connectivity index (χ4v) is 3.85. The van der Waals surface area contributed by atoms with Crippen LogP contribution in [0.15, 0.2) is 42.5 Å². The van der Waals surface area contributed by atoms with Crippen LogP contribution in [0.25, 0.3) is 11.0 Å². The Hall–Kier alpha value is -3.35. The Balaban J connectivity index is 1.56. The van der Waals surface area contributed by atoms with Crippen LogP contribution in [0.1, 0.15) is 53.4 Å². The average molecular weight is 406 g/mol. The number of hydrogen-bond acceptors (Lipinski definition) is 4. The van der Waals surface area contributed by atoms with E-state index in [-0.39, 0.29) is 23.9 Å². The molecule has 4 rings (SSSR count). The monoisotopic (exact) mass is 406 g/mol. The third-order valence-electron chi connectivity index (χ3n) is 5.61. The molecule has 0 aliphatic carbocycles. The molecule has 0 saturated carbocycles. The third kappa shape index (κ3) is 3.51. The summed E-state index contributed by atoms with van der Waals surface area (Å²) >= 11 is 0. The molecular weight excluding hydrogens is 380 g/mol. The van der Waals surface area contributed by atoms with Crippen LogP contribution in [0.3, 0.4) is 0 Å². The number of ether oxygens (including phenoxy) is 1. The van der Waals surface area contributed by atoms with Gasteiger partial charge in [0.2, 0.25) is 0 Å². The first kappa shape index (κ1) is 19.9. The van der Waals surface area contributed by atoms with E-state index in [1.165, 1.54) is 0 Å². The van der Waals surface area contributed by atoms with Crippen LogP contribution in [0.4, 0.5) is 0 Å². The van der Waals surface area contributed by atoms with Gasteiger partial charge in [-0.2, -0.15) is 0 Å². The Bertz CT molecular complexity index is 1100. The molecule has 2 heterocycles. The lowest BCUT2D eigenvalue weighted by molar-refractivity contribution is 0.0643. The molecule has 1 aromatic heterocycles. The Labute approximate surface area is 175 Å². The molecule has 0 spiro atoms. The number of methoxy groups -OCH3 is 1. The SMILES string of the molecule is COc1ccc(C(C)NC(=O)c2ccc3c(c2)nc2n3CCN(C(C)C)C2=O)cc1. The number of hydrogen-bond donors (Lipinski definition) is 1. The largest absolute Gasteiger partial charge is 0.497 e. The normalized spacial score (nSPS) is 14.7. The molecule has 30 heavy (non-hydrogen) atoms. The number of nitrogens with one attached hydrogen (secondary N) is 1. The highest BCUT2D eigenvalue weighted by molar-refractivity contribution is 6.00. The summed E-state index contributed by atoms with van der Waals surface area (Å²) in [6.07, 6.45) is 0. The Morgan fingerprint density at radius 3 is 2.50 bits per heavy atom. The summed E-state index contributed by atoms with van der Waals surface area (Å²) in [7, 11) is 1.62. The van der Waals surface area contributed by atoms with Crippen LogP contribution in [0, 0.1) is 0 Å². The maximum absolute atomic E-state index is 12.8. The summed E-state index contributed by atoms with van der Waals surface area (Å²) in [5, 5.41) is 3.02. The summed E-state index contributed by atoms with van der Waals surface area (Å²) in [4.78, 5) is 31.9. The molecule has 2 amide bonds. The van der Waals surface area contributed by atoms with Gasteiger partial charge >= 0.3 is 0 Å². The molecule has 1 atom stereocenters. The van der Waals surface area contributed by atoms with Crippen LogP contribution in [0.2, 0.25) is 0 Å². The van der Waals surface area contributed by atoms with Crippen molar-refractivity contribution in [2.24, 2.45) is 0 Å². The fraction of sp³-hybridized carbons (Fsp3) is 0.348. The number of carbonyl (C=O) groups is 2. The first-order chi connectivity index (χ1) is 14.4. The maximum atomic E-state index is 12.8. The average Bonchev–Trinajstić information content (AvgIpc) is 3.12. The second kappa shape index (κ2) is 7.82. The summed E-state index contributed by atoms with van der Waals surface area (Å²) in [6.45, 7) is 7.31. The second-order valence-corrected chi connectivity index (χ2v) is 7.85.